The fraction of sp³-hybridized carbons (Fsp3) is 0.115. The Balaban J connectivity index is 1.15. The Kier molecular flexibility index (Phi) is 9.14. The van der Waals surface area contributed by atoms with Gasteiger partial charge in [0.15, 0.2) is 0 Å². The van der Waals surface area contributed by atoms with E-state index in [0.717, 1.165) is 11.4 Å². The number of rotatable bonds is 8. The molecule has 0 atom stereocenters. The van der Waals surface area contributed by atoms with Crippen molar-refractivity contribution >= 4 is 27.8 Å². The third-order valence-corrected chi connectivity index (χ3v) is 11.1. The molecule has 0 heterocycles. The second-order valence-corrected chi connectivity index (χ2v) is 14.3. The quantitative estimate of drug-likeness (QED) is 0.154. The maximum absolute atomic E-state index is 2.43. The maximum atomic E-state index is 2.43. The maximum Gasteiger partial charge on any atom is 0.0540 e. The lowest BCUT2D eigenvalue weighted by molar-refractivity contribution is 0.445. The van der Waals surface area contributed by atoms with Crippen molar-refractivity contribution in [1.82, 2.24) is 0 Å². The molecule has 0 saturated heterocycles. The molecule has 0 N–H and O–H groups in total. The highest BCUT2D eigenvalue weighted by atomic mass is 15.1. The lowest BCUT2D eigenvalue weighted by Crippen LogP contribution is -2.11. The molecular weight excluding hydrogens is 639 g/mol. The van der Waals surface area contributed by atoms with Crippen molar-refractivity contribution in [1.29, 1.82) is 0 Å². The van der Waals surface area contributed by atoms with Crippen LogP contribution < -0.4 is 4.90 Å². The van der Waals surface area contributed by atoms with Gasteiger partial charge in [-0.15, -0.1) is 0 Å². The molecule has 0 unspecified atom stereocenters. The van der Waals surface area contributed by atoms with Gasteiger partial charge in [-0.2, -0.15) is 0 Å². The highest BCUT2D eigenvalue weighted by molar-refractivity contribution is 6.03. The molecule has 1 heteroatoms. The van der Waals surface area contributed by atoms with Crippen molar-refractivity contribution in [3.8, 4) is 44.5 Å². The van der Waals surface area contributed by atoms with Gasteiger partial charge in [0.05, 0.1) is 5.69 Å². The van der Waals surface area contributed by atoms with Crippen LogP contribution in [0.25, 0.3) is 55.3 Å². The van der Waals surface area contributed by atoms with Gasteiger partial charge < -0.3 is 4.90 Å². The Morgan fingerprint density at radius 3 is 1.64 bits per heavy atom. The normalized spacial score (nSPS) is 13.2. The van der Waals surface area contributed by atoms with Crippen LogP contribution >= 0.6 is 0 Å². The number of anilines is 3. The molecule has 1 saturated carbocycles. The molecule has 0 spiro atoms. The lowest BCUT2D eigenvalue weighted by Gasteiger charge is -2.29. The zero-order chi connectivity index (χ0) is 35.4. The van der Waals surface area contributed by atoms with E-state index in [0.29, 0.717) is 5.92 Å². The Morgan fingerprint density at radius 1 is 0.358 bits per heavy atom. The number of benzene rings is 8. The lowest BCUT2D eigenvalue weighted by atomic mass is 9.80. The first kappa shape index (κ1) is 32.7. The smallest absolute Gasteiger partial charge is 0.0540 e. The van der Waals surface area contributed by atoms with Crippen molar-refractivity contribution in [2.75, 3.05) is 4.90 Å². The molecule has 0 aromatic heterocycles. The van der Waals surface area contributed by atoms with Gasteiger partial charge in [0.1, 0.15) is 0 Å². The molecule has 0 bridgehead atoms. The molecule has 8 aromatic rings. The van der Waals surface area contributed by atoms with Crippen LogP contribution in [0.15, 0.2) is 194 Å². The van der Waals surface area contributed by atoms with Gasteiger partial charge in [0.2, 0.25) is 0 Å². The molecule has 256 valence electrons. The molecule has 0 aliphatic heterocycles. The van der Waals surface area contributed by atoms with Gasteiger partial charge in [-0.25, -0.2) is 0 Å². The van der Waals surface area contributed by atoms with Gasteiger partial charge in [0.25, 0.3) is 0 Å². The Labute approximate surface area is 313 Å². The van der Waals surface area contributed by atoms with E-state index < -0.39 is 0 Å². The summed E-state index contributed by atoms with van der Waals surface area (Å²) >= 11 is 0. The molecule has 8 aromatic carbocycles. The Bertz CT molecular complexity index is 2450. The molecule has 1 aliphatic carbocycles. The minimum absolute atomic E-state index is 0.614. The number of para-hydroxylation sites is 2. The molecule has 1 fully saturated rings. The first-order chi connectivity index (χ1) is 26.3. The van der Waals surface area contributed by atoms with Crippen LogP contribution in [0.5, 0.6) is 0 Å². The van der Waals surface area contributed by atoms with Crippen LogP contribution in [0.1, 0.15) is 43.6 Å². The van der Waals surface area contributed by atoms with E-state index in [9.17, 15) is 0 Å². The van der Waals surface area contributed by atoms with Crippen molar-refractivity contribution in [3.63, 3.8) is 0 Å². The van der Waals surface area contributed by atoms with Crippen LogP contribution in [0.2, 0.25) is 0 Å². The average Bonchev–Trinajstić information content (AvgIpc) is 3.25. The predicted octanol–water partition coefficient (Wildman–Crippen LogP) is 15.0. The van der Waals surface area contributed by atoms with Crippen LogP contribution in [-0.4, -0.2) is 0 Å². The summed E-state index contributed by atoms with van der Waals surface area (Å²) < 4.78 is 0. The summed E-state index contributed by atoms with van der Waals surface area (Å²) in [5.41, 5.74) is 14.8. The summed E-state index contributed by atoms with van der Waals surface area (Å²) in [6, 6.07) is 71.0. The van der Waals surface area contributed by atoms with Crippen LogP contribution in [0.3, 0.4) is 0 Å². The predicted molar refractivity (Wildman–Crippen MR) is 226 cm³/mol. The summed E-state index contributed by atoms with van der Waals surface area (Å²) in [7, 11) is 0. The first-order valence-corrected chi connectivity index (χ1v) is 19.1. The van der Waals surface area contributed by atoms with E-state index in [1.165, 1.54) is 98.6 Å². The summed E-state index contributed by atoms with van der Waals surface area (Å²) in [5, 5.41) is 2.73. The molecule has 53 heavy (non-hydrogen) atoms. The van der Waals surface area contributed by atoms with E-state index in [1.54, 1.807) is 0 Å². The standard InChI is InChI=1S/C52H43N/c1-5-17-39(18-6-1)46-36-33-43(37-50(46)41-21-9-3-10-22-41)38-31-34-45(35-32-38)53(44-25-11-4-12-26-44)51-30-14-13-27-48(51)49-29-16-24-42-23-15-28-47(52(42)49)40-19-7-2-8-20-40/h1,3-6,9-18,21-37,40H,2,7-8,19-20H2. The second-order valence-electron chi connectivity index (χ2n) is 14.3. The highest BCUT2D eigenvalue weighted by Crippen LogP contribution is 2.46. The molecule has 0 radical (unpaired) electrons. The summed E-state index contributed by atoms with van der Waals surface area (Å²) in [6.07, 6.45) is 6.55. The van der Waals surface area contributed by atoms with E-state index in [1.807, 2.05) is 0 Å². The van der Waals surface area contributed by atoms with E-state index >= 15 is 0 Å². The third-order valence-electron chi connectivity index (χ3n) is 11.1. The van der Waals surface area contributed by atoms with Crippen molar-refractivity contribution in [2.45, 2.75) is 38.0 Å². The molecule has 0 amide bonds. The monoisotopic (exact) mass is 681 g/mol. The van der Waals surface area contributed by atoms with Gasteiger partial charge in [-0.05, 0) is 110 Å². The largest absolute Gasteiger partial charge is 0.310 e. The number of fused-ring (bicyclic) bond motifs is 1. The van der Waals surface area contributed by atoms with Crippen molar-refractivity contribution < 1.29 is 0 Å². The fourth-order valence-corrected chi connectivity index (χ4v) is 8.50. The molecule has 1 aliphatic rings. The van der Waals surface area contributed by atoms with Crippen LogP contribution in [0.4, 0.5) is 17.1 Å². The van der Waals surface area contributed by atoms with Gasteiger partial charge >= 0.3 is 0 Å². The zero-order valence-electron chi connectivity index (χ0n) is 30.0. The van der Waals surface area contributed by atoms with Crippen molar-refractivity contribution in [3.05, 3.63) is 200 Å². The van der Waals surface area contributed by atoms with E-state index in [4.69, 9.17) is 0 Å². The molecular formula is C52H43N. The second kappa shape index (κ2) is 14.8. The van der Waals surface area contributed by atoms with E-state index in [2.05, 4.69) is 199 Å². The minimum atomic E-state index is 0.614. The van der Waals surface area contributed by atoms with Crippen LogP contribution in [0, 0.1) is 0 Å². The number of hydrogen-bond acceptors (Lipinski definition) is 1. The Hall–Kier alpha value is -6.18. The van der Waals surface area contributed by atoms with E-state index in [-0.39, 0.29) is 0 Å². The average molecular weight is 682 g/mol. The van der Waals surface area contributed by atoms with Gasteiger partial charge in [-0.1, -0.05) is 177 Å². The fourth-order valence-electron chi connectivity index (χ4n) is 8.50. The number of nitrogens with zero attached hydrogens (tertiary/aromatic N) is 1. The summed E-state index contributed by atoms with van der Waals surface area (Å²) in [6.45, 7) is 0. The minimum Gasteiger partial charge on any atom is -0.310 e. The topological polar surface area (TPSA) is 3.24 Å². The van der Waals surface area contributed by atoms with Crippen LogP contribution in [-0.2, 0) is 0 Å². The first-order valence-electron chi connectivity index (χ1n) is 19.1. The summed E-state index contributed by atoms with van der Waals surface area (Å²) in [4.78, 5) is 2.43. The SMILES string of the molecule is c1ccc(-c2ccc(-c3ccc(N(c4ccccc4)c4ccccc4-c4cccc5cccc(C6CCCCC6)c45)cc3)cc2-c2ccccc2)cc1. The summed E-state index contributed by atoms with van der Waals surface area (Å²) in [5.74, 6) is 0.614. The third kappa shape index (κ3) is 6.56. The van der Waals surface area contributed by atoms with Gasteiger partial charge in [-0.3, -0.25) is 0 Å². The number of hydrogen-bond donors (Lipinski definition) is 0. The van der Waals surface area contributed by atoms with Crippen molar-refractivity contribution in [2.24, 2.45) is 0 Å². The van der Waals surface area contributed by atoms with Gasteiger partial charge in [0, 0.05) is 16.9 Å². The highest BCUT2D eigenvalue weighted by Gasteiger charge is 2.22. The molecule has 1 nitrogen and oxygen atoms in total. The zero-order valence-corrected chi connectivity index (χ0v) is 30.0. The molecule has 9 rings (SSSR count). The Morgan fingerprint density at radius 2 is 0.925 bits per heavy atom.